The van der Waals surface area contributed by atoms with Crippen molar-refractivity contribution in [1.82, 2.24) is 0 Å². The van der Waals surface area contributed by atoms with Crippen molar-refractivity contribution >= 4 is 38.6 Å². The fourth-order valence-corrected chi connectivity index (χ4v) is 14.4. The first-order chi connectivity index (χ1) is 39.2. The zero-order valence-corrected chi connectivity index (χ0v) is 42.9. The molecule has 2 heterocycles. The van der Waals surface area contributed by atoms with E-state index in [2.05, 4.69) is 290 Å². The number of anilines is 3. The van der Waals surface area contributed by atoms with E-state index in [-0.39, 0.29) is 0 Å². The van der Waals surface area contributed by atoms with Crippen LogP contribution in [-0.2, 0) is 10.8 Å². The second-order valence-corrected chi connectivity index (χ2v) is 21.4. The van der Waals surface area contributed by atoms with Crippen molar-refractivity contribution in [3.63, 3.8) is 0 Å². The molecule has 0 fully saturated rings. The van der Waals surface area contributed by atoms with Gasteiger partial charge in [0.15, 0.2) is 0 Å². The lowest BCUT2D eigenvalue weighted by Gasteiger charge is -2.40. The van der Waals surface area contributed by atoms with Crippen LogP contribution in [0.5, 0.6) is 23.0 Å². The fraction of sp³-hybridized carbons (Fsp3) is 0.0263. The predicted molar refractivity (Wildman–Crippen MR) is 322 cm³/mol. The minimum atomic E-state index is -0.740. The van der Waals surface area contributed by atoms with Gasteiger partial charge in [0.05, 0.1) is 22.2 Å². The zero-order valence-electron chi connectivity index (χ0n) is 42.9. The number of rotatable bonds is 5. The molecule has 0 saturated heterocycles. The number of hydrogen-bond donors (Lipinski definition) is 0. The van der Waals surface area contributed by atoms with E-state index < -0.39 is 10.8 Å². The van der Waals surface area contributed by atoms with Crippen molar-refractivity contribution in [2.24, 2.45) is 0 Å². The van der Waals surface area contributed by atoms with Crippen molar-refractivity contribution in [3.8, 4) is 67.5 Å². The smallest absolute Gasteiger partial charge is 0.132 e. The van der Waals surface area contributed by atoms with Gasteiger partial charge in [0, 0.05) is 38.9 Å². The Morgan fingerprint density at radius 2 is 0.709 bits per heavy atom. The summed E-state index contributed by atoms with van der Waals surface area (Å²) in [5.41, 5.74) is 20.8. The Kier molecular flexibility index (Phi) is 9.26. The van der Waals surface area contributed by atoms with E-state index in [1.165, 1.54) is 71.8 Å². The molecule has 0 atom stereocenters. The van der Waals surface area contributed by atoms with E-state index in [9.17, 15) is 0 Å². The van der Waals surface area contributed by atoms with E-state index in [0.717, 1.165) is 78.8 Å². The van der Waals surface area contributed by atoms with Gasteiger partial charge >= 0.3 is 0 Å². The van der Waals surface area contributed by atoms with Crippen molar-refractivity contribution in [1.29, 1.82) is 0 Å². The second-order valence-electron chi connectivity index (χ2n) is 21.4. The number of benzene rings is 13. The Balaban J connectivity index is 0.998. The molecule has 13 aromatic carbocycles. The molecule has 2 spiro atoms. The number of hydrogen-bond acceptors (Lipinski definition) is 3. The SMILES string of the molecule is c1ccc(-c2ccc(-c3ccccc3N(c3ccc4c(c3)C3(c5ccccc5Oc5ccccc53)c3ccccc3-4)c3cc4c(c5ccccc35)-c3cc5ccccc5cc3C43c4ccccc4Oc4ccccc43)cc2)cc1. The molecule has 0 saturated carbocycles. The van der Waals surface area contributed by atoms with Gasteiger partial charge in [-0.3, -0.25) is 0 Å². The molecule has 4 aliphatic rings. The summed E-state index contributed by atoms with van der Waals surface area (Å²) in [6.45, 7) is 0. The number of para-hydroxylation sites is 5. The molecule has 2 aliphatic carbocycles. The third-order valence-electron chi connectivity index (χ3n) is 17.6. The van der Waals surface area contributed by atoms with Gasteiger partial charge in [0.2, 0.25) is 0 Å². The minimum absolute atomic E-state index is 0.672. The highest BCUT2D eigenvalue weighted by molar-refractivity contribution is 6.13. The second kappa shape index (κ2) is 16.6. The van der Waals surface area contributed by atoms with Crippen LogP contribution in [0.3, 0.4) is 0 Å². The lowest BCUT2D eigenvalue weighted by atomic mass is 9.65. The van der Waals surface area contributed by atoms with Crippen LogP contribution in [-0.4, -0.2) is 0 Å². The predicted octanol–water partition coefficient (Wildman–Crippen LogP) is 19.7. The van der Waals surface area contributed by atoms with Gasteiger partial charge in [-0.25, -0.2) is 0 Å². The molecular weight excluding hydrogens is 959 g/mol. The Hall–Kier alpha value is -10.2. The molecule has 0 aromatic heterocycles. The van der Waals surface area contributed by atoms with Gasteiger partial charge < -0.3 is 14.4 Å². The Morgan fingerprint density at radius 1 is 0.253 bits per heavy atom. The monoisotopic (exact) mass is 1010 g/mol. The third kappa shape index (κ3) is 6.02. The van der Waals surface area contributed by atoms with Gasteiger partial charge in [-0.2, -0.15) is 0 Å². The molecule has 3 nitrogen and oxygen atoms in total. The van der Waals surface area contributed by atoms with Crippen LogP contribution in [0.4, 0.5) is 17.1 Å². The summed E-state index contributed by atoms with van der Waals surface area (Å²) in [5, 5.41) is 4.76. The summed E-state index contributed by atoms with van der Waals surface area (Å²) in [6.07, 6.45) is 0. The highest BCUT2D eigenvalue weighted by Crippen LogP contribution is 2.66. The molecule has 0 radical (unpaired) electrons. The average Bonchev–Trinajstić information content (AvgIpc) is 2.65. The molecule has 13 aromatic rings. The molecule has 0 bridgehead atoms. The molecule has 3 heteroatoms. The van der Waals surface area contributed by atoms with E-state index in [1.807, 2.05) is 0 Å². The molecule has 79 heavy (non-hydrogen) atoms. The Labute approximate surface area is 458 Å². The van der Waals surface area contributed by atoms with Gasteiger partial charge in [-0.05, 0) is 138 Å². The van der Waals surface area contributed by atoms with Crippen molar-refractivity contribution in [2.75, 3.05) is 4.90 Å². The van der Waals surface area contributed by atoms with E-state index in [1.54, 1.807) is 0 Å². The molecular formula is C76H47NO2. The summed E-state index contributed by atoms with van der Waals surface area (Å²) in [6, 6.07) is 105. The summed E-state index contributed by atoms with van der Waals surface area (Å²) in [5.74, 6) is 3.47. The molecule has 0 unspecified atom stereocenters. The Bertz CT molecular complexity index is 4600. The lowest BCUT2D eigenvalue weighted by molar-refractivity contribution is 0.436. The summed E-state index contributed by atoms with van der Waals surface area (Å²) >= 11 is 0. The number of nitrogens with zero attached hydrogens (tertiary/aromatic N) is 1. The standard InChI is InChI=1S/C76H47NO2/c1-2-20-48(21-3-1)49-38-40-50(41-39-49)54-24-9-15-33-68(54)77(53-42-43-56-55-25-8-10-28-60(55)75(66(56)46-53)61-29-11-16-34-70(61)78-71-35-17-12-30-62(71)75)69-47-67-74(58-27-7-6-26-57(58)69)59-44-51-22-4-5-23-52(51)45-65(59)76(67)63-31-13-18-36-72(63)79-73-37-19-14-32-64(73)76/h1-47H. The lowest BCUT2D eigenvalue weighted by Crippen LogP contribution is -2.32. The van der Waals surface area contributed by atoms with E-state index in [4.69, 9.17) is 9.47 Å². The third-order valence-corrected chi connectivity index (χ3v) is 17.6. The number of ether oxygens (including phenoxy) is 2. The first-order valence-corrected chi connectivity index (χ1v) is 27.3. The van der Waals surface area contributed by atoms with Crippen LogP contribution in [0, 0.1) is 0 Å². The molecule has 2 aliphatic heterocycles. The van der Waals surface area contributed by atoms with Crippen LogP contribution < -0.4 is 14.4 Å². The van der Waals surface area contributed by atoms with Crippen LogP contribution in [0.15, 0.2) is 285 Å². The van der Waals surface area contributed by atoms with Crippen LogP contribution in [0.1, 0.15) is 44.5 Å². The fourth-order valence-electron chi connectivity index (χ4n) is 14.4. The summed E-state index contributed by atoms with van der Waals surface area (Å²) in [4.78, 5) is 2.57. The molecule has 0 amide bonds. The highest BCUT2D eigenvalue weighted by atomic mass is 16.5. The van der Waals surface area contributed by atoms with Crippen molar-refractivity contribution in [2.45, 2.75) is 10.8 Å². The normalized spacial score (nSPS) is 14.0. The number of fused-ring (bicyclic) bond motifs is 21. The van der Waals surface area contributed by atoms with Crippen molar-refractivity contribution < 1.29 is 9.47 Å². The molecule has 17 rings (SSSR count). The first-order valence-electron chi connectivity index (χ1n) is 27.3. The molecule has 368 valence electrons. The van der Waals surface area contributed by atoms with Crippen LogP contribution >= 0.6 is 0 Å². The zero-order chi connectivity index (χ0) is 51.8. The van der Waals surface area contributed by atoms with E-state index >= 15 is 0 Å². The largest absolute Gasteiger partial charge is 0.457 e. The quantitative estimate of drug-likeness (QED) is 0.171. The summed E-state index contributed by atoms with van der Waals surface area (Å²) < 4.78 is 13.8. The highest BCUT2D eigenvalue weighted by Gasteiger charge is 2.54. The van der Waals surface area contributed by atoms with Gasteiger partial charge in [-0.15, -0.1) is 0 Å². The van der Waals surface area contributed by atoms with E-state index in [0.29, 0.717) is 0 Å². The maximum atomic E-state index is 6.94. The van der Waals surface area contributed by atoms with Gasteiger partial charge in [-0.1, -0.05) is 224 Å². The molecule has 0 N–H and O–H groups in total. The first kappa shape index (κ1) is 44.0. The topological polar surface area (TPSA) is 21.7 Å². The van der Waals surface area contributed by atoms with Crippen LogP contribution in [0.25, 0.3) is 66.1 Å². The average molecular weight is 1010 g/mol. The van der Waals surface area contributed by atoms with Gasteiger partial charge in [0.25, 0.3) is 0 Å². The van der Waals surface area contributed by atoms with Gasteiger partial charge in [0.1, 0.15) is 23.0 Å². The van der Waals surface area contributed by atoms with Crippen LogP contribution in [0.2, 0.25) is 0 Å². The maximum Gasteiger partial charge on any atom is 0.132 e. The Morgan fingerprint density at radius 3 is 1.35 bits per heavy atom. The minimum Gasteiger partial charge on any atom is -0.457 e. The maximum absolute atomic E-state index is 6.94. The van der Waals surface area contributed by atoms with Crippen molar-refractivity contribution in [3.05, 3.63) is 330 Å². The summed E-state index contributed by atoms with van der Waals surface area (Å²) in [7, 11) is 0.